The van der Waals surface area contributed by atoms with Crippen LogP contribution in [0.2, 0.25) is 0 Å². The Kier molecular flexibility index (Phi) is 11.8. The molecule has 2 N–H and O–H groups in total. The van der Waals surface area contributed by atoms with Crippen LogP contribution in [-0.2, 0) is 55.1 Å². The minimum Gasteiger partial charge on any atom is -0.460 e. The minimum absolute atomic E-state index is 0.00493. The molecular formula is C35H43N3O10S2. The fourth-order valence-electron chi connectivity index (χ4n) is 5.66. The first-order valence-electron chi connectivity index (χ1n) is 16.1. The Bertz CT molecular complexity index is 1870. The smallest absolute Gasteiger partial charge is 0.324 e. The number of nitrogens with zero attached hydrogens (tertiary/aromatic N) is 1. The quantitative estimate of drug-likeness (QED) is 0.132. The van der Waals surface area contributed by atoms with E-state index in [4.69, 9.17) is 23.7 Å². The van der Waals surface area contributed by atoms with E-state index in [1.807, 2.05) is 19.9 Å². The molecule has 15 heteroatoms. The number of carbonyl (C=O) groups is 1. The van der Waals surface area contributed by atoms with E-state index in [0.717, 1.165) is 16.7 Å². The van der Waals surface area contributed by atoms with Crippen LogP contribution in [0.1, 0.15) is 49.8 Å². The van der Waals surface area contributed by atoms with Crippen LogP contribution in [0.25, 0.3) is 0 Å². The molecule has 5 atom stereocenters. The molecule has 2 saturated heterocycles. The summed E-state index contributed by atoms with van der Waals surface area (Å²) in [5, 5.41) is 4.28. The van der Waals surface area contributed by atoms with Gasteiger partial charge in [0.1, 0.15) is 24.9 Å². The van der Waals surface area contributed by atoms with Crippen molar-refractivity contribution in [3.05, 3.63) is 95.6 Å². The SMILES string of the molecule is CO[C@@H]1O[C@H](C/C(CC[C@H](NS(=O)(=O)c2ccc(C)cc2)C(=O)OCc2ccccc2)=N/NS(=O)(=O)c2ccc(C)cc2)[C@H]2OC(C)(C)O[C@@H]12. The van der Waals surface area contributed by atoms with E-state index in [1.54, 1.807) is 62.4 Å². The van der Waals surface area contributed by atoms with E-state index in [0.29, 0.717) is 0 Å². The summed E-state index contributed by atoms with van der Waals surface area (Å²) in [6, 6.07) is 20.1. The van der Waals surface area contributed by atoms with Gasteiger partial charge in [-0.2, -0.15) is 18.2 Å². The van der Waals surface area contributed by atoms with Gasteiger partial charge in [-0.3, -0.25) is 4.79 Å². The molecule has 0 spiro atoms. The highest BCUT2D eigenvalue weighted by atomic mass is 32.2. The third-order valence-corrected chi connectivity index (χ3v) is 11.0. The first-order chi connectivity index (χ1) is 23.7. The summed E-state index contributed by atoms with van der Waals surface area (Å²) < 4.78 is 85.0. The highest BCUT2D eigenvalue weighted by Crippen LogP contribution is 2.40. The number of methoxy groups -OCH3 is 1. The number of hydrogen-bond acceptors (Lipinski definition) is 11. The molecule has 0 radical (unpaired) electrons. The molecule has 0 aromatic heterocycles. The van der Waals surface area contributed by atoms with Crippen LogP contribution in [0.3, 0.4) is 0 Å². The number of sulfonamides is 2. The second-order valence-electron chi connectivity index (χ2n) is 12.8. The first-order valence-corrected chi connectivity index (χ1v) is 19.1. The highest BCUT2D eigenvalue weighted by Gasteiger charge is 2.55. The van der Waals surface area contributed by atoms with Gasteiger partial charge >= 0.3 is 5.97 Å². The Labute approximate surface area is 293 Å². The maximum atomic E-state index is 13.5. The van der Waals surface area contributed by atoms with E-state index in [2.05, 4.69) is 14.7 Å². The molecule has 270 valence electrons. The third-order valence-electron chi connectivity index (χ3n) is 8.29. The molecule has 3 aromatic carbocycles. The summed E-state index contributed by atoms with van der Waals surface area (Å²) in [6.07, 6.45) is -2.64. The lowest BCUT2D eigenvalue weighted by Crippen LogP contribution is -2.42. The minimum atomic E-state index is -4.16. The zero-order chi connectivity index (χ0) is 36.1. The summed E-state index contributed by atoms with van der Waals surface area (Å²) in [7, 11) is -6.77. The summed E-state index contributed by atoms with van der Waals surface area (Å²) in [5.41, 5.74) is 2.73. The Balaban J connectivity index is 1.41. The van der Waals surface area contributed by atoms with Crippen molar-refractivity contribution in [3.8, 4) is 0 Å². The number of nitrogens with one attached hydrogen (secondary N) is 2. The van der Waals surface area contributed by atoms with Gasteiger partial charge in [0.15, 0.2) is 12.1 Å². The number of aryl methyl sites for hydroxylation is 2. The van der Waals surface area contributed by atoms with Gasteiger partial charge in [-0.15, -0.1) is 0 Å². The van der Waals surface area contributed by atoms with Gasteiger partial charge in [0, 0.05) is 19.2 Å². The lowest BCUT2D eigenvalue weighted by molar-refractivity contribution is -0.226. The zero-order valence-corrected chi connectivity index (χ0v) is 30.2. The molecule has 0 bridgehead atoms. The van der Waals surface area contributed by atoms with Gasteiger partial charge in [-0.1, -0.05) is 65.7 Å². The van der Waals surface area contributed by atoms with Crippen molar-refractivity contribution < 1.29 is 45.3 Å². The molecule has 0 unspecified atom stereocenters. The predicted octanol–water partition coefficient (Wildman–Crippen LogP) is 4.09. The van der Waals surface area contributed by atoms with Crippen molar-refractivity contribution in [3.63, 3.8) is 0 Å². The van der Waals surface area contributed by atoms with Gasteiger partial charge < -0.3 is 23.7 Å². The molecule has 5 rings (SSSR count). The van der Waals surface area contributed by atoms with Crippen molar-refractivity contribution in [2.24, 2.45) is 5.10 Å². The number of hydrazone groups is 1. The van der Waals surface area contributed by atoms with Crippen LogP contribution in [0.15, 0.2) is 93.8 Å². The summed E-state index contributed by atoms with van der Waals surface area (Å²) in [4.78, 5) is 15.8. The molecule has 3 aromatic rings. The van der Waals surface area contributed by atoms with Gasteiger partial charge in [0.05, 0.1) is 15.9 Å². The summed E-state index contributed by atoms with van der Waals surface area (Å²) in [5.74, 6) is -1.73. The first kappa shape index (κ1) is 37.6. The summed E-state index contributed by atoms with van der Waals surface area (Å²) >= 11 is 0. The molecule has 2 heterocycles. The average Bonchev–Trinajstić information content (AvgIpc) is 3.57. The lowest BCUT2D eigenvalue weighted by Gasteiger charge is -2.24. The van der Waals surface area contributed by atoms with Crippen LogP contribution in [0.5, 0.6) is 0 Å². The predicted molar refractivity (Wildman–Crippen MR) is 184 cm³/mol. The molecule has 50 heavy (non-hydrogen) atoms. The van der Waals surface area contributed by atoms with Gasteiger partial charge in [0.25, 0.3) is 10.0 Å². The highest BCUT2D eigenvalue weighted by molar-refractivity contribution is 7.89. The van der Waals surface area contributed by atoms with E-state index in [-0.39, 0.29) is 41.4 Å². The van der Waals surface area contributed by atoms with E-state index >= 15 is 0 Å². The van der Waals surface area contributed by atoms with E-state index in [1.165, 1.54) is 31.4 Å². The number of hydrogen-bond donors (Lipinski definition) is 2. The fourth-order valence-corrected chi connectivity index (χ4v) is 7.73. The van der Waals surface area contributed by atoms with Crippen LogP contribution >= 0.6 is 0 Å². The molecule has 0 amide bonds. The number of carbonyl (C=O) groups excluding carboxylic acids is 1. The molecule has 0 aliphatic carbocycles. The summed E-state index contributed by atoms with van der Waals surface area (Å²) in [6.45, 7) is 7.13. The molecule has 2 aliphatic heterocycles. The lowest BCUT2D eigenvalue weighted by atomic mass is 10.0. The number of fused-ring (bicyclic) bond motifs is 1. The van der Waals surface area contributed by atoms with Crippen LogP contribution in [0, 0.1) is 13.8 Å². The molecule has 0 saturated carbocycles. The number of benzene rings is 3. The largest absolute Gasteiger partial charge is 0.460 e. The molecular weight excluding hydrogens is 687 g/mol. The van der Waals surface area contributed by atoms with Gasteiger partial charge in [-0.05, 0) is 70.4 Å². The number of rotatable bonds is 15. The number of esters is 1. The maximum absolute atomic E-state index is 13.5. The van der Waals surface area contributed by atoms with Crippen LogP contribution < -0.4 is 9.55 Å². The second kappa shape index (κ2) is 15.7. The number of ether oxygens (including phenoxy) is 5. The molecule has 2 fully saturated rings. The van der Waals surface area contributed by atoms with Gasteiger partial charge in [0.2, 0.25) is 10.0 Å². The van der Waals surface area contributed by atoms with E-state index in [9.17, 15) is 21.6 Å². The topological polar surface area (TPSA) is 168 Å². The van der Waals surface area contributed by atoms with Crippen molar-refractivity contribution in [2.45, 2.75) is 99.8 Å². The second-order valence-corrected chi connectivity index (χ2v) is 16.1. The Morgan fingerprint density at radius 3 is 2.04 bits per heavy atom. The van der Waals surface area contributed by atoms with E-state index < -0.39 is 62.4 Å². The third kappa shape index (κ3) is 9.54. The van der Waals surface area contributed by atoms with Crippen LogP contribution in [0.4, 0.5) is 0 Å². The zero-order valence-electron chi connectivity index (χ0n) is 28.6. The average molecular weight is 730 g/mol. The van der Waals surface area contributed by atoms with Gasteiger partial charge in [-0.25, -0.2) is 13.2 Å². The van der Waals surface area contributed by atoms with Crippen LogP contribution in [-0.4, -0.2) is 72.1 Å². The van der Waals surface area contributed by atoms with Crippen molar-refractivity contribution in [1.29, 1.82) is 0 Å². The monoisotopic (exact) mass is 729 g/mol. The van der Waals surface area contributed by atoms with Crippen molar-refractivity contribution in [2.75, 3.05) is 7.11 Å². The van der Waals surface area contributed by atoms with Crippen molar-refractivity contribution >= 4 is 31.7 Å². The Morgan fingerprint density at radius 2 is 1.44 bits per heavy atom. The standard InChI is InChI=1S/C35H43N3O10S2/c1-23-11-16-27(17-12-23)49(40,41)37-29(33(39)45-22-25-9-7-6-8-10-25)20-15-26(36-38-50(42,43)28-18-13-24(2)14-19-28)21-30-31-32(34(44-5)46-30)48-35(3,4)47-31/h6-14,16-19,29-32,34,37-38H,15,20-22H2,1-5H3/b36-26+/t29-,30+,31+,32+,34+/m0/s1. The Morgan fingerprint density at radius 1 is 0.860 bits per heavy atom. The fraction of sp³-hybridized carbons (Fsp3) is 0.429. The molecule has 2 aliphatic rings. The maximum Gasteiger partial charge on any atom is 0.324 e. The van der Waals surface area contributed by atoms with Crippen molar-refractivity contribution in [1.82, 2.24) is 9.55 Å². The Hall–Kier alpha value is -3.70. The normalized spacial score (nSPS) is 22.5. The molecule has 13 nitrogen and oxygen atoms in total.